The Balaban J connectivity index is 1.22. The van der Waals surface area contributed by atoms with Gasteiger partial charge in [-0.2, -0.15) is 9.97 Å². The summed E-state index contributed by atoms with van der Waals surface area (Å²) in [6.45, 7) is 7.69. The Morgan fingerprint density at radius 1 is 1.23 bits per heavy atom. The first kappa shape index (κ1) is 29.2. The van der Waals surface area contributed by atoms with E-state index in [1.165, 1.54) is 12.1 Å². The van der Waals surface area contributed by atoms with Crippen LogP contribution in [0.1, 0.15) is 36.9 Å². The number of likely N-dealkylation sites (N-methyl/N-ethyl adjacent to an activating group) is 1. The van der Waals surface area contributed by atoms with E-state index in [9.17, 15) is 13.6 Å². The standard InChI is InChI=1S/C33H37ClF2N6O2/c1-3-28(43)41-14-10-23(18-41)39(2)31-24-11-15-40(27-7-4-6-21-8-9-25(36)30(34)29(21)27)19-26(24)37-32(38-31)44-20-33-12-5-13-42(33)17-22(35)16-33/h3-4,6-9,22-23H,1,5,10-20H2,2H3/t22-,23-,33+/m1/s1. The van der Waals surface area contributed by atoms with E-state index in [2.05, 4.69) is 21.3 Å². The Morgan fingerprint density at radius 3 is 2.93 bits per heavy atom. The molecule has 0 saturated carbocycles. The van der Waals surface area contributed by atoms with Crippen LogP contribution >= 0.6 is 11.6 Å². The second-order valence-corrected chi connectivity index (χ2v) is 12.9. The summed E-state index contributed by atoms with van der Waals surface area (Å²) >= 11 is 6.50. The normalized spacial score (nSPS) is 24.9. The van der Waals surface area contributed by atoms with Crippen molar-refractivity contribution in [2.24, 2.45) is 0 Å². The molecule has 0 unspecified atom stereocenters. The first-order valence-corrected chi connectivity index (χ1v) is 15.8. The number of rotatable bonds is 7. The van der Waals surface area contributed by atoms with Gasteiger partial charge >= 0.3 is 6.01 Å². The highest BCUT2D eigenvalue weighted by atomic mass is 35.5. The van der Waals surface area contributed by atoms with Crippen molar-refractivity contribution in [3.8, 4) is 6.01 Å². The van der Waals surface area contributed by atoms with E-state index in [1.807, 2.05) is 30.1 Å². The fraction of sp³-hybridized carbons (Fsp3) is 0.485. The van der Waals surface area contributed by atoms with E-state index in [-0.39, 0.29) is 28.5 Å². The predicted octanol–water partition coefficient (Wildman–Crippen LogP) is 5.16. The zero-order valence-corrected chi connectivity index (χ0v) is 25.7. The Hall–Kier alpha value is -3.50. The smallest absolute Gasteiger partial charge is 0.318 e. The summed E-state index contributed by atoms with van der Waals surface area (Å²) in [5.41, 5.74) is 2.40. The monoisotopic (exact) mass is 622 g/mol. The molecular weight excluding hydrogens is 586 g/mol. The molecule has 4 aliphatic rings. The van der Waals surface area contributed by atoms with Gasteiger partial charge in [0.1, 0.15) is 24.4 Å². The molecule has 7 rings (SSSR count). The van der Waals surface area contributed by atoms with E-state index in [0.29, 0.717) is 57.6 Å². The molecule has 3 atom stereocenters. The predicted molar refractivity (Wildman–Crippen MR) is 168 cm³/mol. The van der Waals surface area contributed by atoms with Crippen LogP contribution in [0.4, 0.5) is 20.3 Å². The quantitative estimate of drug-likeness (QED) is 0.337. The number of hydrogen-bond acceptors (Lipinski definition) is 7. The highest BCUT2D eigenvalue weighted by Gasteiger charge is 2.49. The number of anilines is 2. The van der Waals surface area contributed by atoms with Crippen LogP contribution < -0.4 is 14.5 Å². The third-order valence-corrected chi connectivity index (χ3v) is 10.4. The van der Waals surface area contributed by atoms with E-state index < -0.39 is 12.0 Å². The van der Waals surface area contributed by atoms with Crippen LogP contribution in [0, 0.1) is 5.82 Å². The second-order valence-electron chi connectivity index (χ2n) is 12.6. The lowest BCUT2D eigenvalue weighted by molar-refractivity contribution is -0.125. The number of amides is 1. The average Bonchev–Trinajstić information content (AvgIpc) is 3.75. The van der Waals surface area contributed by atoms with Crippen molar-refractivity contribution in [1.29, 1.82) is 0 Å². The molecular formula is C33H37ClF2N6O2. The third-order valence-electron chi connectivity index (χ3n) is 10.0. The van der Waals surface area contributed by atoms with Crippen LogP contribution in [-0.2, 0) is 17.8 Å². The van der Waals surface area contributed by atoms with Gasteiger partial charge in [-0.25, -0.2) is 8.78 Å². The van der Waals surface area contributed by atoms with Gasteiger partial charge in [0.25, 0.3) is 0 Å². The Labute approximate surface area is 261 Å². The minimum Gasteiger partial charge on any atom is -0.461 e. The lowest BCUT2D eigenvalue weighted by Crippen LogP contribution is -2.44. The number of carbonyl (C=O) groups excluding carboxylic acids is 1. The van der Waals surface area contributed by atoms with Crippen molar-refractivity contribution in [2.75, 3.05) is 56.2 Å². The minimum absolute atomic E-state index is 0.0708. The zero-order valence-electron chi connectivity index (χ0n) is 24.9. The van der Waals surface area contributed by atoms with Crippen LogP contribution in [0.3, 0.4) is 0 Å². The number of halogens is 3. The number of carbonyl (C=O) groups is 1. The molecule has 0 N–H and O–H groups in total. The molecule has 11 heteroatoms. The molecule has 0 aliphatic carbocycles. The maximum atomic E-state index is 14.6. The molecule has 0 radical (unpaired) electrons. The fourth-order valence-electron chi connectivity index (χ4n) is 7.71. The van der Waals surface area contributed by atoms with E-state index >= 15 is 0 Å². The summed E-state index contributed by atoms with van der Waals surface area (Å²) in [6.07, 6.45) is 4.38. The van der Waals surface area contributed by atoms with E-state index in [1.54, 1.807) is 6.07 Å². The highest BCUT2D eigenvalue weighted by molar-refractivity contribution is 6.36. The molecule has 5 heterocycles. The molecule has 2 aromatic carbocycles. The third kappa shape index (κ3) is 5.05. The molecule has 232 valence electrons. The molecule has 1 aromatic heterocycles. The maximum absolute atomic E-state index is 14.6. The minimum atomic E-state index is -0.848. The number of hydrogen-bond donors (Lipinski definition) is 0. The Morgan fingerprint density at radius 2 is 2.09 bits per heavy atom. The molecule has 0 spiro atoms. The van der Waals surface area contributed by atoms with Crippen LogP contribution in [0.25, 0.3) is 10.8 Å². The van der Waals surface area contributed by atoms with Crippen molar-refractivity contribution in [2.45, 2.75) is 56.4 Å². The molecule has 3 saturated heterocycles. The number of aromatic nitrogens is 2. The van der Waals surface area contributed by atoms with Crippen LogP contribution in [0.15, 0.2) is 43.0 Å². The molecule has 4 aliphatic heterocycles. The SMILES string of the molecule is C=CC(=O)N1CC[C@@H](N(C)c2nc(OC[C@@]34CCCN3C[C@H](F)C4)nc3c2CCN(c2cccc4ccc(F)c(Cl)c24)C3)C1. The lowest BCUT2D eigenvalue weighted by Gasteiger charge is -2.35. The van der Waals surface area contributed by atoms with Gasteiger partial charge < -0.3 is 19.4 Å². The van der Waals surface area contributed by atoms with Crippen LogP contribution in [0.5, 0.6) is 6.01 Å². The fourth-order valence-corrected chi connectivity index (χ4v) is 7.98. The number of alkyl halides is 1. The number of fused-ring (bicyclic) bond motifs is 3. The van der Waals surface area contributed by atoms with Crippen molar-refractivity contribution in [1.82, 2.24) is 19.8 Å². The second kappa shape index (κ2) is 11.5. The van der Waals surface area contributed by atoms with E-state index in [0.717, 1.165) is 54.0 Å². The molecule has 3 fully saturated rings. The van der Waals surface area contributed by atoms with Crippen molar-refractivity contribution in [3.63, 3.8) is 0 Å². The first-order chi connectivity index (χ1) is 21.3. The largest absolute Gasteiger partial charge is 0.461 e. The average molecular weight is 623 g/mol. The van der Waals surface area contributed by atoms with Gasteiger partial charge in [-0.1, -0.05) is 36.4 Å². The summed E-state index contributed by atoms with van der Waals surface area (Å²) in [7, 11) is 2.01. The van der Waals surface area contributed by atoms with Crippen LogP contribution in [-0.4, -0.2) is 89.8 Å². The van der Waals surface area contributed by atoms with Crippen LogP contribution in [0.2, 0.25) is 5.02 Å². The molecule has 0 bridgehead atoms. The lowest BCUT2D eigenvalue weighted by atomic mass is 9.95. The zero-order chi connectivity index (χ0) is 30.6. The van der Waals surface area contributed by atoms with Gasteiger partial charge in [-0.15, -0.1) is 0 Å². The van der Waals surface area contributed by atoms with Gasteiger partial charge in [0.2, 0.25) is 5.91 Å². The number of ether oxygens (including phenoxy) is 1. The molecule has 1 amide bonds. The molecule has 44 heavy (non-hydrogen) atoms. The van der Waals surface area contributed by atoms with Crippen molar-refractivity contribution >= 4 is 39.8 Å². The first-order valence-electron chi connectivity index (χ1n) is 15.4. The number of likely N-dealkylation sites (tertiary alicyclic amines) is 1. The Bertz CT molecular complexity index is 1620. The molecule has 8 nitrogen and oxygen atoms in total. The van der Waals surface area contributed by atoms with Gasteiger partial charge in [0.15, 0.2) is 0 Å². The highest BCUT2D eigenvalue weighted by Crippen LogP contribution is 2.41. The summed E-state index contributed by atoms with van der Waals surface area (Å²) in [5.74, 6) is 0.271. The Kier molecular flexibility index (Phi) is 7.61. The maximum Gasteiger partial charge on any atom is 0.318 e. The number of benzene rings is 2. The topological polar surface area (TPSA) is 65.0 Å². The van der Waals surface area contributed by atoms with Gasteiger partial charge in [0, 0.05) is 62.3 Å². The van der Waals surface area contributed by atoms with Gasteiger partial charge in [-0.05, 0) is 55.8 Å². The van der Waals surface area contributed by atoms with Crippen molar-refractivity contribution in [3.05, 3.63) is 65.1 Å². The van der Waals surface area contributed by atoms with Gasteiger partial charge in [0.05, 0.1) is 22.8 Å². The van der Waals surface area contributed by atoms with Gasteiger partial charge in [-0.3, -0.25) is 9.69 Å². The van der Waals surface area contributed by atoms with Crippen molar-refractivity contribution < 1.29 is 18.3 Å². The summed E-state index contributed by atoms with van der Waals surface area (Å²) < 4.78 is 35.4. The summed E-state index contributed by atoms with van der Waals surface area (Å²) in [5, 5.41) is 1.66. The summed E-state index contributed by atoms with van der Waals surface area (Å²) in [4.78, 5) is 30.6. The molecule has 3 aromatic rings. The number of nitrogens with zero attached hydrogens (tertiary/aromatic N) is 6. The summed E-state index contributed by atoms with van der Waals surface area (Å²) in [6, 6.07) is 9.35. The van der Waals surface area contributed by atoms with E-state index in [4.69, 9.17) is 26.3 Å².